The summed E-state index contributed by atoms with van der Waals surface area (Å²) in [4.78, 5) is 16.8. The van der Waals surface area contributed by atoms with Crippen LogP contribution in [0.1, 0.15) is 52.1 Å². The number of amides is 1. The van der Waals surface area contributed by atoms with Gasteiger partial charge in [-0.05, 0) is 26.7 Å². The number of nitrogens with one attached hydrogen (secondary N) is 1. The molecule has 0 aliphatic heterocycles. The average molecular weight is 318 g/mol. The van der Waals surface area contributed by atoms with E-state index < -0.39 is 0 Å². The van der Waals surface area contributed by atoms with Crippen LogP contribution in [0.15, 0.2) is 10.7 Å². The lowest BCUT2D eigenvalue weighted by Gasteiger charge is -2.10. The fourth-order valence-corrected chi connectivity index (χ4v) is 2.69. The quantitative estimate of drug-likeness (QED) is 0.843. The predicted octanol–water partition coefficient (Wildman–Crippen LogP) is 1.94. The normalized spacial score (nSPS) is 14.2. The molecule has 1 amide bonds. The summed E-state index contributed by atoms with van der Waals surface area (Å²) in [5, 5.41) is 6.73. The molecule has 0 bridgehead atoms. The Balaban J connectivity index is 1.61. The first-order chi connectivity index (χ1) is 11.1. The zero-order valence-electron chi connectivity index (χ0n) is 13.8. The molecule has 1 fully saturated rings. The van der Waals surface area contributed by atoms with Crippen molar-refractivity contribution in [1.29, 1.82) is 0 Å². The lowest BCUT2D eigenvalue weighted by atomic mass is 10.2. The number of nitrogens with zero attached hydrogens (tertiary/aromatic N) is 3. The molecule has 23 heavy (non-hydrogen) atoms. The molecule has 2 heterocycles. The summed E-state index contributed by atoms with van der Waals surface area (Å²) in [6, 6.07) is 0. The highest BCUT2D eigenvalue weighted by atomic mass is 16.5. The minimum atomic E-state index is -0.236. The summed E-state index contributed by atoms with van der Waals surface area (Å²) in [6.07, 6.45) is 4.32. The topological polar surface area (TPSA) is 82.2 Å². The third kappa shape index (κ3) is 3.29. The Hall–Kier alpha value is -2.15. The number of hydrogen-bond donors (Lipinski definition) is 1. The van der Waals surface area contributed by atoms with E-state index >= 15 is 0 Å². The van der Waals surface area contributed by atoms with E-state index in [1.807, 2.05) is 13.1 Å². The first-order valence-electron chi connectivity index (χ1n) is 7.86. The average Bonchev–Trinajstić information content (AvgIpc) is 3.22. The molecule has 2 aromatic rings. The summed E-state index contributed by atoms with van der Waals surface area (Å²) in [7, 11) is 1.58. The molecular weight excluding hydrogens is 296 g/mol. The standard InChI is InChI=1S/C16H22N4O3/c1-10-8-18-15(12-4-5-12)20(10)7-6-17-16(21)14-13(9-22-3)11(2)23-19-14/h8,12H,4-7,9H2,1-3H3,(H,17,21). The van der Waals surface area contributed by atoms with E-state index in [1.54, 1.807) is 14.0 Å². The summed E-state index contributed by atoms with van der Waals surface area (Å²) >= 11 is 0. The van der Waals surface area contributed by atoms with Gasteiger partial charge in [-0.25, -0.2) is 4.98 Å². The van der Waals surface area contributed by atoms with Gasteiger partial charge in [-0.15, -0.1) is 0 Å². The molecule has 0 aromatic carbocycles. The van der Waals surface area contributed by atoms with Gasteiger partial charge in [0.2, 0.25) is 0 Å². The molecule has 0 atom stereocenters. The van der Waals surface area contributed by atoms with Gasteiger partial charge in [0.15, 0.2) is 5.69 Å². The van der Waals surface area contributed by atoms with Crippen molar-refractivity contribution >= 4 is 5.91 Å². The molecule has 0 spiro atoms. The fourth-order valence-electron chi connectivity index (χ4n) is 2.69. The molecule has 0 unspecified atom stereocenters. The number of carbonyl (C=O) groups excluding carboxylic acids is 1. The molecule has 1 aliphatic carbocycles. The first-order valence-corrected chi connectivity index (χ1v) is 7.86. The van der Waals surface area contributed by atoms with E-state index in [9.17, 15) is 4.79 Å². The highest BCUT2D eigenvalue weighted by Gasteiger charge is 2.28. The SMILES string of the molecule is COCc1c(C(=O)NCCn2c(C)cnc2C2CC2)noc1C. The molecule has 0 radical (unpaired) electrons. The van der Waals surface area contributed by atoms with Crippen molar-refractivity contribution in [3.8, 4) is 0 Å². The van der Waals surface area contributed by atoms with E-state index in [2.05, 4.69) is 20.0 Å². The monoisotopic (exact) mass is 318 g/mol. The maximum Gasteiger partial charge on any atom is 0.273 e. The Morgan fingerprint density at radius 2 is 2.26 bits per heavy atom. The van der Waals surface area contributed by atoms with Crippen LogP contribution < -0.4 is 5.32 Å². The van der Waals surface area contributed by atoms with Crippen LogP contribution in [0.4, 0.5) is 0 Å². The molecule has 0 saturated heterocycles. The minimum Gasteiger partial charge on any atom is -0.380 e. The number of aryl methyl sites for hydroxylation is 2. The maximum atomic E-state index is 12.3. The summed E-state index contributed by atoms with van der Waals surface area (Å²) < 4.78 is 12.4. The predicted molar refractivity (Wildman–Crippen MR) is 83.2 cm³/mol. The molecule has 7 heteroatoms. The number of rotatable bonds is 7. The number of ether oxygens (including phenoxy) is 1. The summed E-state index contributed by atoms with van der Waals surface area (Å²) in [6.45, 7) is 5.35. The molecule has 7 nitrogen and oxygen atoms in total. The van der Waals surface area contributed by atoms with Crippen LogP contribution >= 0.6 is 0 Å². The van der Waals surface area contributed by atoms with Gasteiger partial charge < -0.3 is 19.1 Å². The number of imidazole rings is 1. The molecule has 2 aromatic heterocycles. The largest absolute Gasteiger partial charge is 0.380 e. The molecule has 3 rings (SSSR count). The van der Waals surface area contributed by atoms with E-state index in [1.165, 1.54) is 12.8 Å². The van der Waals surface area contributed by atoms with Gasteiger partial charge in [0.25, 0.3) is 5.91 Å². The van der Waals surface area contributed by atoms with Crippen LogP contribution in [0.25, 0.3) is 0 Å². The maximum absolute atomic E-state index is 12.3. The van der Waals surface area contributed by atoms with E-state index in [0.717, 1.165) is 11.5 Å². The van der Waals surface area contributed by atoms with Crippen molar-refractivity contribution in [3.63, 3.8) is 0 Å². The zero-order chi connectivity index (χ0) is 16.4. The smallest absolute Gasteiger partial charge is 0.273 e. The van der Waals surface area contributed by atoms with Gasteiger partial charge in [-0.1, -0.05) is 5.16 Å². The Kier molecular flexibility index (Phi) is 4.47. The summed E-state index contributed by atoms with van der Waals surface area (Å²) in [5.74, 6) is 2.10. The number of carbonyl (C=O) groups is 1. The van der Waals surface area contributed by atoms with Crippen LogP contribution in [-0.2, 0) is 17.9 Å². The second kappa shape index (κ2) is 6.54. The van der Waals surface area contributed by atoms with Crippen LogP contribution in [0, 0.1) is 13.8 Å². The molecular formula is C16H22N4O3. The van der Waals surface area contributed by atoms with Crippen molar-refractivity contribution in [2.75, 3.05) is 13.7 Å². The van der Waals surface area contributed by atoms with Crippen molar-refractivity contribution in [3.05, 3.63) is 34.7 Å². The first kappa shape index (κ1) is 15.7. The summed E-state index contributed by atoms with van der Waals surface area (Å²) in [5.41, 5.74) is 2.12. The molecule has 1 aliphatic rings. The van der Waals surface area contributed by atoms with Gasteiger partial charge in [0.05, 0.1) is 12.2 Å². The van der Waals surface area contributed by atoms with Gasteiger partial charge in [-0.2, -0.15) is 0 Å². The van der Waals surface area contributed by atoms with Crippen LogP contribution in [0.5, 0.6) is 0 Å². The number of methoxy groups -OCH3 is 1. The van der Waals surface area contributed by atoms with E-state index in [0.29, 0.717) is 42.6 Å². The lowest BCUT2D eigenvalue weighted by Crippen LogP contribution is -2.29. The van der Waals surface area contributed by atoms with Gasteiger partial charge >= 0.3 is 0 Å². The second-order valence-electron chi connectivity index (χ2n) is 5.94. The molecule has 1 N–H and O–H groups in total. The van der Waals surface area contributed by atoms with Crippen molar-refractivity contribution in [2.45, 2.75) is 45.8 Å². The highest BCUT2D eigenvalue weighted by Crippen LogP contribution is 2.39. The van der Waals surface area contributed by atoms with Crippen LogP contribution in [-0.4, -0.2) is 34.3 Å². The number of aromatic nitrogens is 3. The fraction of sp³-hybridized carbons (Fsp3) is 0.562. The Morgan fingerprint density at radius 1 is 1.48 bits per heavy atom. The molecule has 1 saturated carbocycles. The molecule has 124 valence electrons. The van der Waals surface area contributed by atoms with Gasteiger partial charge in [0, 0.05) is 38.0 Å². The lowest BCUT2D eigenvalue weighted by molar-refractivity contribution is 0.0939. The third-order valence-corrected chi connectivity index (χ3v) is 4.14. The van der Waals surface area contributed by atoms with Crippen molar-refractivity contribution in [2.24, 2.45) is 0 Å². The highest BCUT2D eigenvalue weighted by molar-refractivity contribution is 5.93. The van der Waals surface area contributed by atoms with Gasteiger partial charge in [-0.3, -0.25) is 4.79 Å². The van der Waals surface area contributed by atoms with Crippen LogP contribution in [0.2, 0.25) is 0 Å². The zero-order valence-corrected chi connectivity index (χ0v) is 13.8. The third-order valence-electron chi connectivity index (χ3n) is 4.14. The van der Waals surface area contributed by atoms with Crippen molar-refractivity contribution in [1.82, 2.24) is 20.0 Å². The van der Waals surface area contributed by atoms with Crippen molar-refractivity contribution < 1.29 is 14.1 Å². The van der Waals surface area contributed by atoms with E-state index in [4.69, 9.17) is 9.26 Å². The van der Waals surface area contributed by atoms with Gasteiger partial charge in [0.1, 0.15) is 11.6 Å². The Morgan fingerprint density at radius 3 is 2.96 bits per heavy atom. The Bertz CT molecular complexity index is 700. The number of hydrogen-bond acceptors (Lipinski definition) is 5. The van der Waals surface area contributed by atoms with E-state index in [-0.39, 0.29) is 5.91 Å². The second-order valence-corrected chi connectivity index (χ2v) is 5.94. The minimum absolute atomic E-state index is 0.236. The van der Waals surface area contributed by atoms with Crippen LogP contribution in [0.3, 0.4) is 0 Å². The Labute approximate surface area is 135 Å².